The zero-order chi connectivity index (χ0) is 19.1. The molecule has 5 aromatic rings. The Kier molecular flexibility index (Phi) is 3.98. The maximum absolute atomic E-state index is 12.9. The molecular formula is C22H16N4OS. The van der Waals surface area contributed by atoms with Gasteiger partial charge < -0.3 is 0 Å². The van der Waals surface area contributed by atoms with Gasteiger partial charge >= 0.3 is 5.56 Å². The summed E-state index contributed by atoms with van der Waals surface area (Å²) in [5.74, 6) is 0. The highest BCUT2D eigenvalue weighted by Gasteiger charge is 2.14. The van der Waals surface area contributed by atoms with Crippen LogP contribution in [-0.2, 0) is 6.42 Å². The molecule has 28 heavy (non-hydrogen) atoms. The molecule has 0 radical (unpaired) electrons. The van der Waals surface area contributed by atoms with Gasteiger partial charge in [0.15, 0.2) is 5.69 Å². The first kappa shape index (κ1) is 16.8. The van der Waals surface area contributed by atoms with E-state index in [9.17, 15) is 4.79 Å². The largest absolute Gasteiger partial charge is 0.302 e. The third-order valence-electron chi connectivity index (χ3n) is 4.78. The van der Waals surface area contributed by atoms with E-state index in [1.807, 2.05) is 49.4 Å². The average molecular weight is 384 g/mol. The first-order valence-electron chi connectivity index (χ1n) is 8.98. The molecule has 0 aliphatic heterocycles. The lowest BCUT2D eigenvalue weighted by atomic mass is 10.0. The van der Waals surface area contributed by atoms with Crippen LogP contribution in [0.5, 0.6) is 0 Å². The van der Waals surface area contributed by atoms with E-state index in [2.05, 4.69) is 39.6 Å². The van der Waals surface area contributed by atoms with Crippen LogP contribution >= 0.6 is 11.3 Å². The minimum atomic E-state index is -0.241. The second-order valence-electron chi connectivity index (χ2n) is 6.73. The van der Waals surface area contributed by atoms with Crippen LogP contribution in [0.25, 0.3) is 27.0 Å². The molecule has 0 saturated carbocycles. The minimum absolute atomic E-state index is 0.241. The van der Waals surface area contributed by atoms with E-state index in [0.717, 1.165) is 16.1 Å². The van der Waals surface area contributed by atoms with Gasteiger partial charge in [-0.2, -0.15) is 9.61 Å². The van der Waals surface area contributed by atoms with Gasteiger partial charge in [0.2, 0.25) is 4.96 Å². The Morgan fingerprint density at radius 1 is 0.929 bits per heavy atom. The fourth-order valence-electron chi connectivity index (χ4n) is 3.33. The highest BCUT2D eigenvalue weighted by Crippen LogP contribution is 2.23. The van der Waals surface area contributed by atoms with E-state index < -0.39 is 0 Å². The molecule has 0 aliphatic carbocycles. The van der Waals surface area contributed by atoms with Crippen molar-refractivity contribution in [1.29, 1.82) is 0 Å². The lowest BCUT2D eigenvalue weighted by Gasteiger charge is -2.03. The standard InChI is InChI=1S/C22H16N4OS/c1-14-9-11-16(12-10-14)20-21(27)26-22(24-23-20)28-19(25-26)13-17-7-4-6-15-5-2-3-8-18(15)17/h2-12H,13H2,1H3. The number of nitrogens with zero attached hydrogens (tertiary/aromatic N) is 4. The monoisotopic (exact) mass is 384 g/mol. The molecule has 0 unspecified atom stereocenters. The van der Waals surface area contributed by atoms with Crippen molar-refractivity contribution in [2.75, 3.05) is 0 Å². The molecule has 3 aromatic carbocycles. The van der Waals surface area contributed by atoms with Crippen LogP contribution in [0.2, 0.25) is 0 Å². The lowest BCUT2D eigenvalue weighted by Crippen LogP contribution is -2.19. The normalized spacial score (nSPS) is 11.3. The summed E-state index contributed by atoms with van der Waals surface area (Å²) in [5.41, 5.74) is 3.13. The molecule has 0 bridgehead atoms. The summed E-state index contributed by atoms with van der Waals surface area (Å²) < 4.78 is 1.37. The van der Waals surface area contributed by atoms with Crippen molar-refractivity contribution >= 4 is 27.1 Å². The van der Waals surface area contributed by atoms with Gasteiger partial charge in [0.25, 0.3) is 0 Å². The van der Waals surface area contributed by atoms with Crippen LogP contribution < -0.4 is 5.56 Å². The molecule has 2 heterocycles. The summed E-state index contributed by atoms with van der Waals surface area (Å²) in [6.07, 6.45) is 0.648. The predicted molar refractivity (Wildman–Crippen MR) is 112 cm³/mol. The summed E-state index contributed by atoms with van der Waals surface area (Å²) in [4.78, 5) is 13.4. The van der Waals surface area contributed by atoms with Gasteiger partial charge in [0, 0.05) is 12.0 Å². The highest BCUT2D eigenvalue weighted by atomic mass is 32.1. The highest BCUT2D eigenvalue weighted by molar-refractivity contribution is 7.16. The number of aromatic nitrogens is 4. The Hall–Kier alpha value is -3.38. The molecular weight excluding hydrogens is 368 g/mol. The van der Waals surface area contributed by atoms with E-state index in [1.165, 1.54) is 32.2 Å². The van der Waals surface area contributed by atoms with Crippen LogP contribution in [-0.4, -0.2) is 19.8 Å². The smallest absolute Gasteiger partial charge is 0.265 e. The zero-order valence-electron chi connectivity index (χ0n) is 15.2. The molecule has 0 fully saturated rings. The molecule has 0 spiro atoms. The quantitative estimate of drug-likeness (QED) is 0.466. The van der Waals surface area contributed by atoms with E-state index in [-0.39, 0.29) is 5.56 Å². The fourth-order valence-corrected chi connectivity index (χ4v) is 4.18. The van der Waals surface area contributed by atoms with E-state index in [1.54, 1.807) is 0 Å². The second-order valence-corrected chi connectivity index (χ2v) is 7.77. The lowest BCUT2D eigenvalue weighted by molar-refractivity contribution is 0.837. The van der Waals surface area contributed by atoms with Crippen LogP contribution in [0.4, 0.5) is 0 Å². The Morgan fingerprint density at radius 2 is 1.71 bits per heavy atom. The van der Waals surface area contributed by atoms with Crippen LogP contribution in [0.3, 0.4) is 0 Å². The maximum atomic E-state index is 12.9. The molecule has 0 N–H and O–H groups in total. The molecule has 0 saturated heterocycles. The Balaban J connectivity index is 1.57. The van der Waals surface area contributed by atoms with Crippen molar-refractivity contribution in [2.45, 2.75) is 13.3 Å². The third-order valence-corrected chi connectivity index (χ3v) is 5.68. The van der Waals surface area contributed by atoms with Gasteiger partial charge in [-0.05, 0) is 23.3 Å². The molecule has 136 valence electrons. The number of aryl methyl sites for hydroxylation is 1. The summed E-state index contributed by atoms with van der Waals surface area (Å²) in [5, 5.41) is 16.2. The molecule has 0 aliphatic rings. The van der Waals surface area contributed by atoms with Gasteiger partial charge in [-0.15, -0.1) is 10.2 Å². The molecule has 0 amide bonds. The van der Waals surface area contributed by atoms with Crippen molar-refractivity contribution in [3.05, 3.63) is 93.2 Å². The number of fused-ring (bicyclic) bond motifs is 2. The predicted octanol–water partition coefficient (Wildman–Crippen LogP) is 4.27. The summed E-state index contributed by atoms with van der Waals surface area (Å²) >= 11 is 1.40. The summed E-state index contributed by atoms with van der Waals surface area (Å²) in [6.45, 7) is 2.01. The number of hydrogen-bond donors (Lipinski definition) is 0. The van der Waals surface area contributed by atoms with Gasteiger partial charge in [0.1, 0.15) is 5.01 Å². The topological polar surface area (TPSA) is 60.1 Å². The molecule has 2 aromatic heterocycles. The maximum Gasteiger partial charge on any atom is 0.302 e. The molecule has 5 rings (SSSR count). The van der Waals surface area contributed by atoms with Crippen molar-refractivity contribution in [3.8, 4) is 11.3 Å². The Morgan fingerprint density at radius 3 is 2.57 bits per heavy atom. The van der Waals surface area contributed by atoms with Crippen molar-refractivity contribution in [3.63, 3.8) is 0 Å². The SMILES string of the molecule is Cc1ccc(-c2nnc3sc(Cc4cccc5ccccc45)nn3c2=O)cc1. The van der Waals surface area contributed by atoms with Crippen molar-refractivity contribution in [1.82, 2.24) is 19.8 Å². The Labute approximate surface area is 164 Å². The molecule has 5 nitrogen and oxygen atoms in total. The second kappa shape index (κ2) is 6.65. The van der Waals surface area contributed by atoms with Crippen LogP contribution in [0, 0.1) is 6.92 Å². The van der Waals surface area contributed by atoms with E-state index in [4.69, 9.17) is 0 Å². The van der Waals surface area contributed by atoms with Gasteiger partial charge in [-0.3, -0.25) is 4.79 Å². The Bertz CT molecular complexity index is 1360. The molecule has 6 heteroatoms. The number of rotatable bonds is 3. The van der Waals surface area contributed by atoms with Gasteiger partial charge in [0.05, 0.1) is 0 Å². The fraction of sp³-hybridized carbons (Fsp3) is 0.0909. The van der Waals surface area contributed by atoms with Crippen molar-refractivity contribution < 1.29 is 0 Å². The van der Waals surface area contributed by atoms with Gasteiger partial charge in [-0.25, -0.2) is 0 Å². The van der Waals surface area contributed by atoms with Gasteiger partial charge in [-0.1, -0.05) is 83.6 Å². The number of hydrogen-bond acceptors (Lipinski definition) is 5. The minimum Gasteiger partial charge on any atom is -0.265 e. The molecule has 0 atom stereocenters. The van der Waals surface area contributed by atoms with E-state index >= 15 is 0 Å². The first-order valence-corrected chi connectivity index (χ1v) is 9.80. The number of benzene rings is 3. The average Bonchev–Trinajstić information content (AvgIpc) is 3.13. The van der Waals surface area contributed by atoms with Crippen molar-refractivity contribution in [2.24, 2.45) is 0 Å². The third kappa shape index (κ3) is 2.88. The first-order chi connectivity index (χ1) is 13.7. The summed E-state index contributed by atoms with van der Waals surface area (Å²) in [7, 11) is 0. The zero-order valence-corrected chi connectivity index (χ0v) is 16.0. The van der Waals surface area contributed by atoms with Crippen LogP contribution in [0.1, 0.15) is 16.1 Å². The van der Waals surface area contributed by atoms with E-state index in [0.29, 0.717) is 17.1 Å². The van der Waals surface area contributed by atoms with Crippen LogP contribution in [0.15, 0.2) is 71.5 Å². The summed E-state index contributed by atoms with van der Waals surface area (Å²) in [6, 6.07) is 22.2.